The van der Waals surface area contributed by atoms with Gasteiger partial charge in [0.2, 0.25) is 11.8 Å². The lowest BCUT2D eigenvalue weighted by molar-refractivity contribution is -0.121. The smallest absolute Gasteiger partial charge is 0.407 e. The van der Waals surface area contributed by atoms with Gasteiger partial charge in [0.05, 0.1) is 7.11 Å². The molecule has 3 amide bonds. The first-order valence-corrected chi connectivity index (χ1v) is 10.6. The molecule has 0 spiro atoms. The number of para-hydroxylation sites is 1. The van der Waals surface area contributed by atoms with Crippen molar-refractivity contribution in [3.05, 3.63) is 65.7 Å². The number of amides is 3. The molecule has 0 atom stereocenters. The summed E-state index contributed by atoms with van der Waals surface area (Å²) in [5.41, 5.74) is 1.60. The first-order chi connectivity index (χ1) is 15.7. The Hall–Kier alpha value is -3.81. The van der Waals surface area contributed by atoms with Gasteiger partial charge < -0.3 is 25.4 Å². The van der Waals surface area contributed by atoms with Crippen molar-refractivity contribution < 1.29 is 23.9 Å². The monoisotopic (exact) mass is 453 g/mol. The average molecular weight is 454 g/mol. The fourth-order valence-corrected chi connectivity index (χ4v) is 2.76. The lowest BCUT2D eigenvalue weighted by Crippen LogP contribution is -2.35. The number of carbonyl (C=O) groups excluding carboxylic acids is 3. The van der Waals surface area contributed by atoms with Crippen LogP contribution in [0.15, 0.2) is 54.6 Å². The summed E-state index contributed by atoms with van der Waals surface area (Å²) >= 11 is 0. The molecule has 2 rings (SSSR count). The third kappa shape index (κ3) is 9.90. The van der Waals surface area contributed by atoms with Crippen LogP contribution in [-0.2, 0) is 20.9 Å². The molecule has 0 aliphatic carbocycles. The minimum Gasteiger partial charge on any atom is -0.497 e. The SMILES string of the molecule is COc1cccc(/C=C/C(=O)Nc2ccccc2CNC(=O)CCNC(=O)OC(C)(C)C)c1. The Balaban J connectivity index is 1.84. The lowest BCUT2D eigenvalue weighted by atomic mass is 10.1. The molecule has 2 aromatic carbocycles. The zero-order valence-corrected chi connectivity index (χ0v) is 19.4. The van der Waals surface area contributed by atoms with Crippen LogP contribution in [-0.4, -0.2) is 37.2 Å². The highest BCUT2D eigenvalue weighted by molar-refractivity contribution is 6.02. The molecular formula is C25H31N3O5. The third-order valence-corrected chi connectivity index (χ3v) is 4.29. The predicted octanol–water partition coefficient (Wildman–Crippen LogP) is 3.88. The van der Waals surface area contributed by atoms with Gasteiger partial charge in [-0.25, -0.2) is 4.79 Å². The molecule has 0 bridgehead atoms. The van der Waals surface area contributed by atoms with E-state index in [9.17, 15) is 14.4 Å². The van der Waals surface area contributed by atoms with Crippen LogP contribution < -0.4 is 20.7 Å². The minimum atomic E-state index is -0.594. The summed E-state index contributed by atoms with van der Waals surface area (Å²) in [4.78, 5) is 36.1. The number of ether oxygens (including phenoxy) is 2. The Labute approximate surface area is 194 Å². The van der Waals surface area contributed by atoms with Crippen molar-refractivity contribution in [3.8, 4) is 5.75 Å². The topological polar surface area (TPSA) is 106 Å². The summed E-state index contributed by atoms with van der Waals surface area (Å²) in [5.74, 6) is 0.184. The Kier molecular flexibility index (Phi) is 9.47. The van der Waals surface area contributed by atoms with E-state index in [0.717, 1.165) is 11.1 Å². The molecule has 0 radical (unpaired) electrons. The van der Waals surface area contributed by atoms with E-state index < -0.39 is 11.7 Å². The van der Waals surface area contributed by atoms with Gasteiger partial charge in [-0.2, -0.15) is 0 Å². The van der Waals surface area contributed by atoms with Crippen molar-refractivity contribution in [3.63, 3.8) is 0 Å². The van der Waals surface area contributed by atoms with Gasteiger partial charge >= 0.3 is 6.09 Å². The number of carbonyl (C=O) groups is 3. The van der Waals surface area contributed by atoms with E-state index in [-0.39, 0.29) is 31.3 Å². The predicted molar refractivity (Wildman–Crippen MR) is 128 cm³/mol. The number of alkyl carbamates (subject to hydrolysis) is 1. The number of nitrogens with one attached hydrogen (secondary N) is 3. The number of hydrogen-bond acceptors (Lipinski definition) is 5. The van der Waals surface area contributed by atoms with E-state index in [1.165, 1.54) is 6.08 Å². The van der Waals surface area contributed by atoms with Crippen LogP contribution >= 0.6 is 0 Å². The van der Waals surface area contributed by atoms with Gasteiger partial charge in [-0.15, -0.1) is 0 Å². The van der Waals surface area contributed by atoms with Gasteiger partial charge in [0.1, 0.15) is 11.4 Å². The maximum absolute atomic E-state index is 12.4. The number of hydrogen-bond donors (Lipinski definition) is 3. The van der Waals surface area contributed by atoms with E-state index in [0.29, 0.717) is 11.4 Å². The highest BCUT2D eigenvalue weighted by Gasteiger charge is 2.16. The molecular weight excluding hydrogens is 422 g/mol. The Morgan fingerprint density at radius 1 is 1.00 bits per heavy atom. The second-order valence-corrected chi connectivity index (χ2v) is 8.21. The highest BCUT2D eigenvalue weighted by Crippen LogP contribution is 2.16. The van der Waals surface area contributed by atoms with Gasteiger partial charge in [0, 0.05) is 31.3 Å². The summed E-state index contributed by atoms with van der Waals surface area (Å²) in [6, 6.07) is 14.6. The van der Waals surface area contributed by atoms with E-state index in [4.69, 9.17) is 9.47 Å². The molecule has 2 aromatic rings. The second-order valence-electron chi connectivity index (χ2n) is 8.21. The number of benzene rings is 2. The molecule has 0 unspecified atom stereocenters. The maximum Gasteiger partial charge on any atom is 0.407 e. The van der Waals surface area contributed by atoms with Crippen LogP contribution in [0.1, 0.15) is 38.3 Å². The molecule has 0 saturated carbocycles. The van der Waals surface area contributed by atoms with Gasteiger partial charge in [-0.1, -0.05) is 30.3 Å². The summed E-state index contributed by atoms with van der Waals surface area (Å²) in [7, 11) is 1.59. The van der Waals surface area contributed by atoms with Gasteiger partial charge in [0.25, 0.3) is 0 Å². The summed E-state index contributed by atoms with van der Waals surface area (Å²) < 4.78 is 10.3. The first-order valence-electron chi connectivity index (χ1n) is 10.6. The van der Waals surface area contributed by atoms with Crippen LogP contribution in [0.25, 0.3) is 6.08 Å². The van der Waals surface area contributed by atoms with E-state index >= 15 is 0 Å². The molecule has 176 valence electrons. The van der Waals surface area contributed by atoms with Gasteiger partial charge in [0.15, 0.2) is 0 Å². The Morgan fingerprint density at radius 3 is 2.48 bits per heavy atom. The van der Waals surface area contributed by atoms with E-state index in [2.05, 4.69) is 16.0 Å². The molecule has 8 nitrogen and oxygen atoms in total. The zero-order chi connectivity index (χ0) is 24.3. The summed E-state index contributed by atoms with van der Waals surface area (Å²) in [6.45, 7) is 5.70. The van der Waals surface area contributed by atoms with Crippen LogP contribution in [0.3, 0.4) is 0 Å². The van der Waals surface area contributed by atoms with Crippen molar-refractivity contribution in [2.45, 2.75) is 39.3 Å². The fraction of sp³-hybridized carbons (Fsp3) is 0.320. The van der Waals surface area contributed by atoms with Gasteiger partial charge in [-0.05, 0) is 56.2 Å². The minimum absolute atomic E-state index is 0.108. The van der Waals surface area contributed by atoms with E-state index in [1.807, 2.05) is 36.4 Å². The third-order valence-electron chi connectivity index (χ3n) is 4.29. The van der Waals surface area contributed by atoms with Crippen LogP contribution in [0.4, 0.5) is 10.5 Å². The molecule has 0 saturated heterocycles. The number of methoxy groups -OCH3 is 1. The van der Waals surface area contributed by atoms with E-state index in [1.54, 1.807) is 46.1 Å². The molecule has 33 heavy (non-hydrogen) atoms. The lowest BCUT2D eigenvalue weighted by Gasteiger charge is -2.19. The van der Waals surface area contributed by atoms with Crippen molar-refractivity contribution in [1.82, 2.24) is 10.6 Å². The molecule has 0 aliphatic rings. The molecule has 0 fully saturated rings. The average Bonchev–Trinajstić information content (AvgIpc) is 2.76. The van der Waals surface area contributed by atoms with Crippen LogP contribution in [0.5, 0.6) is 5.75 Å². The standard InChI is InChI=1S/C25H31N3O5/c1-25(2,3)33-24(31)26-15-14-22(29)27-17-19-9-5-6-11-21(19)28-23(30)13-12-18-8-7-10-20(16-18)32-4/h5-13,16H,14-15,17H2,1-4H3,(H,26,31)(H,27,29)(H,28,30)/b13-12+. The molecule has 0 heterocycles. The normalized spacial score (nSPS) is 11.0. The van der Waals surface area contributed by atoms with Crippen molar-refractivity contribution >= 4 is 29.7 Å². The zero-order valence-electron chi connectivity index (χ0n) is 19.4. The quantitative estimate of drug-likeness (QED) is 0.500. The van der Waals surface area contributed by atoms with Crippen molar-refractivity contribution in [2.75, 3.05) is 19.0 Å². The Bertz CT molecular complexity index is 996. The van der Waals surface area contributed by atoms with Crippen molar-refractivity contribution in [2.24, 2.45) is 0 Å². The molecule has 8 heteroatoms. The summed E-state index contributed by atoms with van der Waals surface area (Å²) in [6.07, 6.45) is 2.68. The number of rotatable bonds is 9. The number of anilines is 1. The first kappa shape index (κ1) is 25.5. The van der Waals surface area contributed by atoms with Gasteiger partial charge in [-0.3, -0.25) is 9.59 Å². The second kappa shape index (κ2) is 12.3. The van der Waals surface area contributed by atoms with Crippen LogP contribution in [0.2, 0.25) is 0 Å². The molecule has 3 N–H and O–H groups in total. The Morgan fingerprint density at radius 2 is 1.76 bits per heavy atom. The maximum atomic E-state index is 12.4. The molecule has 0 aliphatic heterocycles. The molecule has 0 aromatic heterocycles. The summed E-state index contributed by atoms with van der Waals surface area (Å²) in [5, 5.41) is 8.17. The fourth-order valence-electron chi connectivity index (χ4n) is 2.76. The van der Waals surface area contributed by atoms with Crippen LogP contribution in [0, 0.1) is 0 Å². The highest BCUT2D eigenvalue weighted by atomic mass is 16.6. The van der Waals surface area contributed by atoms with Crippen molar-refractivity contribution in [1.29, 1.82) is 0 Å². The largest absolute Gasteiger partial charge is 0.497 e.